The predicted octanol–water partition coefficient (Wildman–Crippen LogP) is 3.68. The third-order valence-corrected chi connectivity index (χ3v) is 5.70. The minimum atomic E-state index is -0.590. The molecular weight excluding hydrogens is 450 g/mol. The number of carbonyl (C=O) groups excluding carboxylic acids is 2. The van der Waals surface area contributed by atoms with Gasteiger partial charge in [0, 0.05) is 44.0 Å². The van der Waals surface area contributed by atoms with Crippen LogP contribution in [0.15, 0.2) is 78.9 Å². The van der Waals surface area contributed by atoms with Crippen molar-refractivity contribution in [1.82, 2.24) is 4.90 Å². The van der Waals surface area contributed by atoms with Crippen molar-refractivity contribution in [3.05, 3.63) is 100 Å². The molecular formula is C26H25N3O6. The predicted molar refractivity (Wildman–Crippen MR) is 129 cm³/mol. The van der Waals surface area contributed by atoms with Crippen molar-refractivity contribution in [3.63, 3.8) is 0 Å². The summed E-state index contributed by atoms with van der Waals surface area (Å²) >= 11 is 0. The number of benzene rings is 3. The summed E-state index contributed by atoms with van der Waals surface area (Å²) in [7, 11) is 0. The van der Waals surface area contributed by atoms with Crippen molar-refractivity contribution >= 4 is 23.3 Å². The van der Waals surface area contributed by atoms with Gasteiger partial charge in [-0.2, -0.15) is 0 Å². The van der Waals surface area contributed by atoms with Gasteiger partial charge in [-0.25, -0.2) is 4.79 Å². The number of non-ortho nitro benzene ring substituents is 1. The summed E-state index contributed by atoms with van der Waals surface area (Å²) in [4.78, 5) is 39.1. The SMILES string of the molecule is O=C(OCC(=O)N1CCN(c2ccc([N+](=O)[O-])cc2)CC1)c1cccc(OCc2ccccc2)c1. The first-order chi connectivity index (χ1) is 17.0. The maximum atomic E-state index is 12.6. The molecule has 0 spiro atoms. The van der Waals surface area contributed by atoms with Gasteiger partial charge in [0.25, 0.3) is 11.6 Å². The van der Waals surface area contributed by atoms with E-state index in [0.29, 0.717) is 44.1 Å². The number of amides is 1. The molecule has 35 heavy (non-hydrogen) atoms. The molecule has 9 heteroatoms. The zero-order valence-electron chi connectivity index (χ0n) is 19.0. The fourth-order valence-electron chi connectivity index (χ4n) is 3.75. The third-order valence-electron chi connectivity index (χ3n) is 5.70. The first-order valence-corrected chi connectivity index (χ1v) is 11.2. The second-order valence-electron chi connectivity index (χ2n) is 8.02. The molecule has 1 fully saturated rings. The molecule has 0 unspecified atom stereocenters. The van der Waals surface area contributed by atoms with E-state index in [0.717, 1.165) is 11.3 Å². The van der Waals surface area contributed by atoms with E-state index in [9.17, 15) is 19.7 Å². The lowest BCUT2D eigenvalue weighted by Crippen LogP contribution is -2.49. The summed E-state index contributed by atoms with van der Waals surface area (Å²) in [5.41, 5.74) is 2.23. The van der Waals surface area contributed by atoms with Crippen molar-refractivity contribution in [2.45, 2.75) is 6.61 Å². The summed E-state index contributed by atoms with van der Waals surface area (Å²) in [6.45, 7) is 2.14. The first kappa shape index (κ1) is 23.7. The smallest absolute Gasteiger partial charge is 0.338 e. The maximum absolute atomic E-state index is 12.6. The molecule has 1 aliphatic rings. The number of rotatable bonds is 8. The van der Waals surface area contributed by atoms with Crippen molar-refractivity contribution in [1.29, 1.82) is 0 Å². The van der Waals surface area contributed by atoms with Gasteiger partial charge in [0.15, 0.2) is 6.61 Å². The molecule has 1 aliphatic heterocycles. The third kappa shape index (κ3) is 6.35. The first-order valence-electron chi connectivity index (χ1n) is 11.2. The minimum absolute atomic E-state index is 0.0395. The highest BCUT2D eigenvalue weighted by Crippen LogP contribution is 2.21. The molecule has 0 N–H and O–H groups in total. The number of anilines is 1. The van der Waals surface area contributed by atoms with Crippen molar-refractivity contribution in [2.24, 2.45) is 0 Å². The standard InChI is InChI=1S/C26H25N3O6/c30-25(28-15-13-27(14-16-28)22-9-11-23(12-10-22)29(32)33)19-35-26(31)21-7-4-8-24(17-21)34-18-20-5-2-1-3-6-20/h1-12,17H,13-16,18-19H2. The van der Waals surface area contributed by atoms with Crippen LogP contribution in [-0.2, 0) is 16.1 Å². The van der Waals surface area contributed by atoms with E-state index in [4.69, 9.17) is 9.47 Å². The number of hydrogen-bond donors (Lipinski definition) is 0. The average Bonchev–Trinajstić information content (AvgIpc) is 2.91. The molecule has 3 aromatic carbocycles. The minimum Gasteiger partial charge on any atom is -0.489 e. The van der Waals surface area contributed by atoms with E-state index in [1.807, 2.05) is 30.3 Å². The van der Waals surface area contributed by atoms with Crippen LogP contribution in [0, 0.1) is 10.1 Å². The van der Waals surface area contributed by atoms with E-state index >= 15 is 0 Å². The molecule has 9 nitrogen and oxygen atoms in total. The molecule has 0 bridgehead atoms. The Kier molecular flexibility index (Phi) is 7.57. The van der Waals surface area contributed by atoms with Crippen LogP contribution < -0.4 is 9.64 Å². The molecule has 1 amide bonds. The van der Waals surface area contributed by atoms with Gasteiger partial charge >= 0.3 is 5.97 Å². The number of ether oxygens (including phenoxy) is 2. The van der Waals surface area contributed by atoms with Crippen LogP contribution in [0.2, 0.25) is 0 Å². The van der Waals surface area contributed by atoms with Crippen molar-refractivity contribution in [3.8, 4) is 5.75 Å². The number of piperazine rings is 1. The summed E-state index contributed by atoms with van der Waals surface area (Å²) in [5.74, 6) is -0.316. The topological polar surface area (TPSA) is 102 Å². The van der Waals surface area contributed by atoms with E-state index < -0.39 is 10.9 Å². The number of nitrogens with zero attached hydrogens (tertiary/aromatic N) is 3. The zero-order valence-corrected chi connectivity index (χ0v) is 19.0. The monoisotopic (exact) mass is 475 g/mol. The van der Waals surface area contributed by atoms with Gasteiger partial charge in [-0.15, -0.1) is 0 Å². The van der Waals surface area contributed by atoms with Gasteiger partial charge in [0.05, 0.1) is 10.5 Å². The molecule has 1 heterocycles. The summed E-state index contributed by atoms with van der Waals surface area (Å²) in [6, 6.07) is 22.7. The van der Waals surface area contributed by atoms with Gasteiger partial charge in [-0.1, -0.05) is 36.4 Å². The van der Waals surface area contributed by atoms with Gasteiger partial charge in [0.2, 0.25) is 0 Å². The van der Waals surface area contributed by atoms with Crippen LogP contribution in [0.5, 0.6) is 5.75 Å². The highest BCUT2D eigenvalue weighted by atomic mass is 16.6. The lowest BCUT2D eigenvalue weighted by molar-refractivity contribution is -0.384. The quantitative estimate of drug-likeness (QED) is 0.278. The molecule has 0 aliphatic carbocycles. The average molecular weight is 476 g/mol. The Morgan fingerprint density at radius 1 is 0.886 bits per heavy atom. The zero-order chi connectivity index (χ0) is 24.6. The second-order valence-corrected chi connectivity index (χ2v) is 8.02. The van der Waals surface area contributed by atoms with Gasteiger partial charge in [0.1, 0.15) is 12.4 Å². The lowest BCUT2D eigenvalue weighted by Gasteiger charge is -2.36. The lowest BCUT2D eigenvalue weighted by atomic mass is 10.2. The Bertz CT molecular complexity index is 1180. The Morgan fingerprint density at radius 2 is 1.60 bits per heavy atom. The van der Waals surface area contributed by atoms with Crippen molar-refractivity contribution in [2.75, 3.05) is 37.7 Å². The Hall–Kier alpha value is -4.40. The number of carbonyl (C=O) groups is 2. The van der Waals surface area contributed by atoms with Crippen LogP contribution in [0.4, 0.5) is 11.4 Å². The molecule has 3 aromatic rings. The molecule has 4 rings (SSSR count). The van der Waals surface area contributed by atoms with E-state index in [2.05, 4.69) is 4.90 Å². The molecule has 0 saturated carbocycles. The van der Waals surface area contributed by atoms with Crippen molar-refractivity contribution < 1.29 is 24.0 Å². The molecule has 0 atom stereocenters. The highest BCUT2D eigenvalue weighted by Gasteiger charge is 2.23. The number of hydrogen-bond acceptors (Lipinski definition) is 7. The Labute approximate surface area is 202 Å². The largest absolute Gasteiger partial charge is 0.489 e. The summed E-state index contributed by atoms with van der Waals surface area (Å²) < 4.78 is 11.0. The highest BCUT2D eigenvalue weighted by molar-refractivity contribution is 5.91. The van der Waals surface area contributed by atoms with Gasteiger partial charge in [-0.3, -0.25) is 14.9 Å². The van der Waals surface area contributed by atoms with Crippen LogP contribution >= 0.6 is 0 Å². The molecule has 0 aromatic heterocycles. The van der Waals surface area contributed by atoms with Crippen LogP contribution in [-0.4, -0.2) is 54.5 Å². The summed E-state index contributed by atoms with van der Waals surface area (Å²) in [5, 5.41) is 10.8. The second kappa shape index (κ2) is 11.1. The fourth-order valence-corrected chi connectivity index (χ4v) is 3.75. The maximum Gasteiger partial charge on any atom is 0.338 e. The van der Waals surface area contributed by atoms with Crippen LogP contribution in [0.3, 0.4) is 0 Å². The van der Waals surface area contributed by atoms with Gasteiger partial charge < -0.3 is 19.3 Å². The molecule has 0 radical (unpaired) electrons. The van der Waals surface area contributed by atoms with Gasteiger partial charge in [-0.05, 0) is 35.9 Å². The Morgan fingerprint density at radius 3 is 2.29 bits per heavy atom. The fraction of sp³-hybridized carbons (Fsp3) is 0.231. The van der Waals surface area contributed by atoms with Crippen LogP contribution in [0.25, 0.3) is 0 Å². The number of nitro groups is 1. The van der Waals surface area contributed by atoms with Crippen LogP contribution in [0.1, 0.15) is 15.9 Å². The van der Waals surface area contributed by atoms with E-state index in [1.54, 1.807) is 41.3 Å². The molecule has 1 saturated heterocycles. The van der Waals surface area contributed by atoms with E-state index in [-0.39, 0.29) is 18.2 Å². The number of esters is 1. The molecule has 180 valence electrons. The normalized spacial score (nSPS) is 13.3. The summed E-state index contributed by atoms with van der Waals surface area (Å²) in [6.07, 6.45) is 0. The van der Waals surface area contributed by atoms with E-state index in [1.165, 1.54) is 12.1 Å². The number of nitro benzene ring substituents is 1. The Balaban J connectivity index is 1.23.